The van der Waals surface area contributed by atoms with Gasteiger partial charge in [0.1, 0.15) is 11.9 Å². The molecular weight excluding hydrogens is 316 g/mol. The number of hydrogen-bond acceptors (Lipinski definition) is 6. The summed E-state index contributed by atoms with van der Waals surface area (Å²) < 4.78 is 0. The molecule has 25 heavy (non-hydrogen) atoms. The minimum absolute atomic E-state index is 0.250. The molecule has 0 saturated carbocycles. The normalized spacial score (nSPS) is 29.5. The Balaban J connectivity index is 1.45. The first-order chi connectivity index (χ1) is 12.1. The van der Waals surface area contributed by atoms with Gasteiger partial charge in [0, 0.05) is 64.5 Å². The summed E-state index contributed by atoms with van der Waals surface area (Å²) in [5.74, 6) is 1.45. The van der Waals surface area contributed by atoms with Crippen LogP contribution < -0.4 is 10.2 Å². The number of anilines is 1. The highest BCUT2D eigenvalue weighted by molar-refractivity contribution is 5.85. The highest BCUT2D eigenvalue weighted by atomic mass is 16.2. The lowest BCUT2D eigenvalue weighted by molar-refractivity contribution is -0.142. The van der Waals surface area contributed by atoms with Crippen molar-refractivity contribution < 1.29 is 4.79 Å². The maximum absolute atomic E-state index is 13.3. The number of nitrogens with one attached hydrogen (secondary N) is 1. The standard InChI is InChI=1S/C18H24N6O/c1-22-11-15-10-20-12-18(15,13-22)17(25)24-7-5-23(6-8-24)16-14(9-19)3-2-4-21-16/h2-4,15,20H,5-8,10-13H2,1H3/t15-,18-/m1/s1. The Labute approximate surface area is 148 Å². The van der Waals surface area contributed by atoms with Gasteiger partial charge < -0.3 is 20.0 Å². The van der Waals surface area contributed by atoms with Gasteiger partial charge in [-0.15, -0.1) is 0 Å². The van der Waals surface area contributed by atoms with Crippen molar-refractivity contribution in [3.8, 4) is 6.07 Å². The molecule has 4 rings (SSSR count). The Hall–Kier alpha value is -2.17. The van der Waals surface area contributed by atoms with Gasteiger partial charge in [-0.3, -0.25) is 4.79 Å². The Morgan fingerprint density at radius 3 is 2.96 bits per heavy atom. The first kappa shape index (κ1) is 16.3. The van der Waals surface area contributed by atoms with Crippen LogP contribution in [0.5, 0.6) is 0 Å². The summed E-state index contributed by atoms with van der Waals surface area (Å²) in [4.78, 5) is 24.1. The molecule has 1 amide bonds. The van der Waals surface area contributed by atoms with E-state index in [0.29, 0.717) is 30.5 Å². The number of nitriles is 1. The summed E-state index contributed by atoms with van der Waals surface area (Å²) in [6.07, 6.45) is 1.72. The molecule has 1 N–H and O–H groups in total. The number of carbonyl (C=O) groups is 1. The van der Waals surface area contributed by atoms with Gasteiger partial charge in [0.2, 0.25) is 5.91 Å². The zero-order chi connectivity index (χ0) is 17.4. The van der Waals surface area contributed by atoms with Crippen LogP contribution in [0.1, 0.15) is 5.56 Å². The summed E-state index contributed by atoms with van der Waals surface area (Å²) >= 11 is 0. The monoisotopic (exact) mass is 340 g/mol. The maximum Gasteiger partial charge on any atom is 0.231 e. The minimum Gasteiger partial charge on any atom is -0.352 e. The van der Waals surface area contributed by atoms with Crippen LogP contribution >= 0.6 is 0 Å². The van der Waals surface area contributed by atoms with E-state index in [2.05, 4.69) is 33.2 Å². The second kappa shape index (κ2) is 6.28. The van der Waals surface area contributed by atoms with Crippen LogP contribution in [0.3, 0.4) is 0 Å². The molecule has 3 aliphatic rings. The van der Waals surface area contributed by atoms with E-state index in [9.17, 15) is 10.1 Å². The molecule has 3 fully saturated rings. The van der Waals surface area contributed by atoms with E-state index in [1.54, 1.807) is 18.3 Å². The van der Waals surface area contributed by atoms with Gasteiger partial charge in [0.05, 0.1) is 11.0 Å². The first-order valence-electron chi connectivity index (χ1n) is 8.93. The van der Waals surface area contributed by atoms with Crippen LogP contribution in [-0.2, 0) is 4.79 Å². The van der Waals surface area contributed by atoms with Gasteiger partial charge in [-0.25, -0.2) is 4.98 Å². The molecule has 7 heteroatoms. The van der Waals surface area contributed by atoms with Crippen LogP contribution in [0.4, 0.5) is 5.82 Å². The molecule has 0 aliphatic carbocycles. The first-order valence-corrected chi connectivity index (χ1v) is 8.93. The maximum atomic E-state index is 13.3. The van der Waals surface area contributed by atoms with E-state index in [0.717, 1.165) is 45.1 Å². The average molecular weight is 340 g/mol. The van der Waals surface area contributed by atoms with E-state index < -0.39 is 0 Å². The largest absolute Gasteiger partial charge is 0.352 e. The quantitative estimate of drug-likeness (QED) is 0.800. The SMILES string of the molecule is CN1C[C@H]2CNC[C@@]2(C(=O)N2CCN(c3ncccc3C#N)CC2)C1. The fraction of sp³-hybridized carbons (Fsp3) is 0.611. The lowest BCUT2D eigenvalue weighted by Crippen LogP contribution is -2.56. The van der Waals surface area contributed by atoms with E-state index in [4.69, 9.17) is 0 Å². The van der Waals surface area contributed by atoms with Crippen molar-refractivity contribution in [2.45, 2.75) is 0 Å². The summed E-state index contributed by atoms with van der Waals surface area (Å²) in [5.41, 5.74) is 0.345. The lowest BCUT2D eigenvalue weighted by Gasteiger charge is -2.40. The summed E-state index contributed by atoms with van der Waals surface area (Å²) in [6, 6.07) is 5.78. The van der Waals surface area contributed by atoms with Crippen molar-refractivity contribution in [2.24, 2.45) is 11.3 Å². The van der Waals surface area contributed by atoms with Gasteiger partial charge >= 0.3 is 0 Å². The fourth-order valence-corrected chi connectivity index (χ4v) is 4.65. The smallest absolute Gasteiger partial charge is 0.231 e. The molecule has 0 bridgehead atoms. The van der Waals surface area contributed by atoms with Gasteiger partial charge in [-0.05, 0) is 19.2 Å². The van der Waals surface area contributed by atoms with Crippen LogP contribution in [0.15, 0.2) is 18.3 Å². The molecule has 4 heterocycles. The van der Waals surface area contributed by atoms with Crippen molar-refractivity contribution >= 4 is 11.7 Å². The summed E-state index contributed by atoms with van der Waals surface area (Å²) in [6.45, 7) is 6.41. The van der Waals surface area contributed by atoms with Crippen molar-refractivity contribution in [3.05, 3.63) is 23.9 Å². The number of fused-ring (bicyclic) bond motifs is 1. The Bertz CT molecular complexity index is 708. The molecule has 3 saturated heterocycles. The topological polar surface area (TPSA) is 75.5 Å². The molecular formula is C18H24N6O. The van der Waals surface area contributed by atoms with Gasteiger partial charge in [-0.1, -0.05) is 0 Å². The number of hydrogen-bond donors (Lipinski definition) is 1. The Morgan fingerprint density at radius 2 is 2.20 bits per heavy atom. The van der Waals surface area contributed by atoms with E-state index in [-0.39, 0.29) is 5.41 Å². The third-order valence-electron chi connectivity index (χ3n) is 5.90. The highest BCUT2D eigenvalue weighted by Gasteiger charge is 2.55. The molecule has 7 nitrogen and oxygen atoms in total. The Morgan fingerprint density at radius 1 is 1.40 bits per heavy atom. The molecule has 0 spiro atoms. The zero-order valence-electron chi connectivity index (χ0n) is 14.6. The zero-order valence-corrected chi connectivity index (χ0v) is 14.6. The van der Waals surface area contributed by atoms with Crippen LogP contribution in [-0.4, -0.2) is 80.1 Å². The van der Waals surface area contributed by atoms with Crippen molar-refractivity contribution in [1.82, 2.24) is 20.1 Å². The third kappa shape index (κ3) is 2.66. The number of piperazine rings is 1. The predicted octanol–water partition coefficient (Wildman–Crippen LogP) is -0.247. The van der Waals surface area contributed by atoms with Gasteiger partial charge in [0.25, 0.3) is 0 Å². The number of pyridine rings is 1. The van der Waals surface area contributed by atoms with Crippen LogP contribution in [0.25, 0.3) is 0 Å². The Kier molecular flexibility index (Phi) is 4.10. The highest BCUT2D eigenvalue weighted by Crippen LogP contribution is 2.40. The van der Waals surface area contributed by atoms with Gasteiger partial charge in [0.15, 0.2) is 0 Å². The molecule has 0 unspecified atom stereocenters. The molecule has 1 aromatic rings. The molecule has 1 aromatic heterocycles. The molecule has 0 aromatic carbocycles. The van der Waals surface area contributed by atoms with Gasteiger partial charge in [-0.2, -0.15) is 5.26 Å². The van der Waals surface area contributed by atoms with E-state index in [1.807, 2.05) is 4.90 Å². The van der Waals surface area contributed by atoms with E-state index in [1.165, 1.54) is 0 Å². The number of carbonyl (C=O) groups excluding carboxylic acids is 1. The molecule has 132 valence electrons. The van der Waals surface area contributed by atoms with E-state index >= 15 is 0 Å². The summed E-state index contributed by atoms with van der Waals surface area (Å²) in [5, 5.41) is 12.7. The van der Waals surface area contributed by atoms with Crippen molar-refractivity contribution in [2.75, 3.05) is 64.3 Å². The second-order valence-corrected chi connectivity index (χ2v) is 7.45. The number of nitrogens with zero attached hydrogens (tertiary/aromatic N) is 5. The minimum atomic E-state index is -0.250. The van der Waals surface area contributed by atoms with Crippen molar-refractivity contribution in [3.63, 3.8) is 0 Å². The molecule has 3 aliphatic heterocycles. The number of likely N-dealkylation sites (tertiary alicyclic amines) is 1. The number of rotatable bonds is 2. The molecule has 0 radical (unpaired) electrons. The third-order valence-corrected chi connectivity index (χ3v) is 5.90. The lowest BCUT2D eigenvalue weighted by atomic mass is 9.79. The fourth-order valence-electron chi connectivity index (χ4n) is 4.65. The predicted molar refractivity (Wildman–Crippen MR) is 94.0 cm³/mol. The second-order valence-electron chi connectivity index (χ2n) is 7.45. The number of aromatic nitrogens is 1. The number of amides is 1. The molecule has 2 atom stereocenters. The average Bonchev–Trinajstić information content (AvgIpc) is 3.18. The van der Waals surface area contributed by atoms with Crippen LogP contribution in [0, 0.1) is 22.7 Å². The summed E-state index contributed by atoms with van der Waals surface area (Å²) in [7, 11) is 2.11. The van der Waals surface area contributed by atoms with Crippen molar-refractivity contribution in [1.29, 1.82) is 5.26 Å². The van der Waals surface area contributed by atoms with Crippen LogP contribution in [0.2, 0.25) is 0 Å².